The van der Waals surface area contributed by atoms with Gasteiger partial charge in [-0.25, -0.2) is 4.39 Å². The molecule has 17 heavy (non-hydrogen) atoms. The molecule has 0 bridgehead atoms. The fraction of sp³-hybridized carbons (Fsp3) is 0.231. The summed E-state index contributed by atoms with van der Waals surface area (Å²) in [6, 6.07) is 8.78. The van der Waals surface area contributed by atoms with Gasteiger partial charge in [-0.3, -0.25) is 0 Å². The smallest absolute Gasteiger partial charge is 0.123 e. The summed E-state index contributed by atoms with van der Waals surface area (Å²) < 4.78 is 13.8. The van der Waals surface area contributed by atoms with Gasteiger partial charge in [-0.1, -0.05) is 23.7 Å². The fourth-order valence-corrected chi connectivity index (χ4v) is 2.57. The number of rotatable bonds is 4. The van der Waals surface area contributed by atoms with Crippen LogP contribution in [0.4, 0.5) is 4.39 Å². The van der Waals surface area contributed by atoms with E-state index in [2.05, 4.69) is 12.2 Å². The first-order chi connectivity index (χ1) is 8.15. The van der Waals surface area contributed by atoms with Crippen LogP contribution in [-0.4, -0.2) is 0 Å². The van der Waals surface area contributed by atoms with E-state index < -0.39 is 0 Å². The topological polar surface area (TPSA) is 12.0 Å². The lowest BCUT2D eigenvalue weighted by atomic mass is 10.1. The van der Waals surface area contributed by atoms with Crippen LogP contribution in [0.15, 0.2) is 35.7 Å². The second kappa shape index (κ2) is 5.63. The van der Waals surface area contributed by atoms with Gasteiger partial charge >= 0.3 is 0 Å². The highest BCUT2D eigenvalue weighted by molar-refractivity contribution is 7.14. The summed E-state index contributed by atoms with van der Waals surface area (Å²) >= 11 is 7.41. The van der Waals surface area contributed by atoms with E-state index in [1.807, 2.05) is 17.5 Å². The van der Waals surface area contributed by atoms with E-state index >= 15 is 0 Å². The van der Waals surface area contributed by atoms with Crippen LogP contribution >= 0.6 is 22.9 Å². The average molecular weight is 270 g/mol. The van der Waals surface area contributed by atoms with Crippen LogP contribution in [0, 0.1) is 5.82 Å². The number of halogens is 2. The fourth-order valence-electron chi connectivity index (χ4n) is 1.59. The minimum absolute atomic E-state index is 0.199. The van der Waals surface area contributed by atoms with Crippen LogP contribution in [0.25, 0.3) is 0 Å². The Morgan fingerprint density at radius 2 is 2.24 bits per heavy atom. The van der Waals surface area contributed by atoms with Crippen molar-refractivity contribution in [2.45, 2.75) is 19.5 Å². The van der Waals surface area contributed by atoms with E-state index in [0.717, 1.165) is 15.5 Å². The summed E-state index contributed by atoms with van der Waals surface area (Å²) in [5, 5.41) is 5.37. The molecule has 0 saturated heterocycles. The zero-order valence-corrected chi connectivity index (χ0v) is 11.0. The number of hydrogen-bond donors (Lipinski definition) is 1. The van der Waals surface area contributed by atoms with Crippen LogP contribution in [-0.2, 0) is 6.54 Å². The lowest BCUT2D eigenvalue weighted by Crippen LogP contribution is -2.17. The summed E-state index contributed by atoms with van der Waals surface area (Å²) in [7, 11) is 0. The summed E-state index contributed by atoms with van der Waals surface area (Å²) in [6.45, 7) is 2.71. The van der Waals surface area contributed by atoms with Gasteiger partial charge < -0.3 is 5.32 Å². The summed E-state index contributed by atoms with van der Waals surface area (Å²) in [4.78, 5) is 0. The zero-order chi connectivity index (χ0) is 12.3. The van der Waals surface area contributed by atoms with Crippen molar-refractivity contribution in [3.8, 4) is 0 Å². The van der Waals surface area contributed by atoms with E-state index in [9.17, 15) is 4.39 Å². The Kier molecular flexibility index (Phi) is 4.15. The Morgan fingerprint density at radius 3 is 2.88 bits per heavy atom. The standard InChI is InChI=1S/C13H13ClFNS/c1-9(11-6-13(14)17-8-11)16-7-10-3-2-4-12(15)5-10/h2-6,8-9,16H,7H2,1H3. The third kappa shape index (κ3) is 3.53. The minimum Gasteiger partial charge on any atom is -0.306 e. The van der Waals surface area contributed by atoms with Gasteiger partial charge in [0.2, 0.25) is 0 Å². The van der Waals surface area contributed by atoms with Crippen LogP contribution < -0.4 is 5.32 Å². The Labute approximate surface area is 109 Å². The molecule has 0 aliphatic rings. The molecular weight excluding hydrogens is 257 g/mol. The number of thiophene rings is 1. The predicted octanol–water partition coefficient (Wildman–Crippen LogP) is 4.39. The van der Waals surface area contributed by atoms with Crippen LogP contribution in [0.1, 0.15) is 24.1 Å². The molecule has 0 radical (unpaired) electrons. The van der Waals surface area contributed by atoms with Crippen molar-refractivity contribution in [1.82, 2.24) is 5.32 Å². The van der Waals surface area contributed by atoms with Crippen molar-refractivity contribution in [2.24, 2.45) is 0 Å². The van der Waals surface area contributed by atoms with Crippen LogP contribution in [0.3, 0.4) is 0 Å². The maximum Gasteiger partial charge on any atom is 0.123 e. The molecule has 1 N–H and O–H groups in total. The van der Waals surface area contributed by atoms with Gasteiger partial charge in [0.15, 0.2) is 0 Å². The van der Waals surface area contributed by atoms with E-state index in [1.165, 1.54) is 17.4 Å². The molecule has 0 aliphatic heterocycles. The Hall–Kier alpha value is -0.900. The second-order valence-corrected chi connectivity index (χ2v) is 5.46. The number of benzene rings is 1. The monoisotopic (exact) mass is 269 g/mol. The molecule has 1 aromatic heterocycles. The molecule has 0 fully saturated rings. The molecule has 90 valence electrons. The molecule has 0 saturated carbocycles. The molecule has 4 heteroatoms. The van der Waals surface area contributed by atoms with Gasteiger partial charge in [0.25, 0.3) is 0 Å². The summed E-state index contributed by atoms with van der Waals surface area (Å²) in [5.74, 6) is -0.199. The predicted molar refractivity (Wildman–Crippen MR) is 71.0 cm³/mol. The quantitative estimate of drug-likeness (QED) is 0.868. The third-order valence-corrected chi connectivity index (χ3v) is 3.70. The van der Waals surface area contributed by atoms with Gasteiger partial charge in [-0.2, -0.15) is 0 Å². The average Bonchev–Trinajstić information content (AvgIpc) is 2.73. The molecular formula is C13H13ClFNS. The highest BCUT2D eigenvalue weighted by atomic mass is 35.5. The molecule has 0 spiro atoms. The molecule has 0 aliphatic carbocycles. The molecule has 1 atom stereocenters. The van der Waals surface area contributed by atoms with Crippen molar-refractivity contribution < 1.29 is 4.39 Å². The van der Waals surface area contributed by atoms with Gasteiger partial charge in [-0.05, 0) is 41.6 Å². The Morgan fingerprint density at radius 1 is 1.41 bits per heavy atom. The van der Waals surface area contributed by atoms with Gasteiger partial charge in [0.1, 0.15) is 5.82 Å². The Bertz CT molecular complexity index is 498. The second-order valence-electron chi connectivity index (χ2n) is 3.92. The van der Waals surface area contributed by atoms with Crippen molar-refractivity contribution >= 4 is 22.9 Å². The van der Waals surface area contributed by atoms with E-state index in [4.69, 9.17) is 11.6 Å². The first kappa shape index (κ1) is 12.6. The highest BCUT2D eigenvalue weighted by Crippen LogP contribution is 2.24. The molecule has 0 amide bonds. The largest absolute Gasteiger partial charge is 0.306 e. The van der Waals surface area contributed by atoms with Crippen molar-refractivity contribution in [2.75, 3.05) is 0 Å². The van der Waals surface area contributed by atoms with Crippen molar-refractivity contribution in [3.63, 3.8) is 0 Å². The minimum atomic E-state index is -0.199. The lowest BCUT2D eigenvalue weighted by molar-refractivity contribution is 0.570. The van der Waals surface area contributed by atoms with Crippen molar-refractivity contribution in [1.29, 1.82) is 0 Å². The number of hydrogen-bond acceptors (Lipinski definition) is 2. The molecule has 1 aromatic carbocycles. The molecule has 1 unspecified atom stereocenters. The van der Waals surface area contributed by atoms with Crippen molar-refractivity contribution in [3.05, 3.63) is 57.0 Å². The van der Waals surface area contributed by atoms with Crippen LogP contribution in [0.2, 0.25) is 4.34 Å². The first-order valence-corrected chi connectivity index (χ1v) is 6.62. The van der Waals surface area contributed by atoms with Gasteiger partial charge in [0, 0.05) is 12.6 Å². The number of nitrogens with one attached hydrogen (secondary N) is 1. The van der Waals surface area contributed by atoms with E-state index in [0.29, 0.717) is 6.54 Å². The molecule has 1 nitrogen and oxygen atoms in total. The molecule has 2 rings (SSSR count). The molecule has 1 heterocycles. The third-order valence-electron chi connectivity index (χ3n) is 2.59. The van der Waals surface area contributed by atoms with E-state index in [1.54, 1.807) is 12.1 Å². The van der Waals surface area contributed by atoms with Crippen LogP contribution in [0.5, 0.6) is 0 Å². The maximum atomic E-state index is 13.0. The summed E-state index contributed by atoms with van der Waals surface area (Å²) in [5.41, 5.74) is 2.11. The highest BCUT2D eigenvalue weighted by Gasteiger charge is 2.07. The lowest BCUT2D eigenvalue weighted by Gasteiger charge is -2.12. The first-order valence-electron chi connectivity index (χ1n) is 5.37. The molecule has 2 aromatic rings. The SMILES string of the molecule is CC(NCc1cccc(F)c1)c1csc(Cl)c1. The normalized spacial score (nSPS) is 12.6. The van der Waals surface area contributed by atoms with Gasteiger partial charge in [0.05, 0.1) is 4.34 Å². The maximum absolute atomic E-state index is 13.0. The Balaban J connectivity index is 1.94. The van der Waals surface area contributed by atoms with E-state index in [-0.39, 0.29) is 11.9 Å². The van der Waals surface area contributed by atoms with Gasteiger partial charge in [-0.15, -0.1) is 11.3 Å². The summed E-state index contributed by atoms with van der Waals surface area (Å²) in [6.07, 6.45) is 0. The zero-order valence-electron chi connectivity index (χ0n) is 9.41.